The molecule has 1 aromatic rings. The van der Waals surface area contributed by atoms with E-state index in [0.717, 1.165) is 5.56 Å². The highest BCUT2D eigenvalue weighted by Crippen LogP contribution is 2.23. The Bertz CT molecular complexity index is 235. The van der Waals surface area contributed by atoms with Gasteiger partial charge in [-0.15, -0.1) is 0 Å². The molecule has 0 saturated carbocycles. The van der Waals surface area contributed by atoms with Crippen molar-refractivity contribution in [2.75, 3.05) is 0 Å². The second-order valence-electron chi connectivity index (χ2n) is 2.33. The zero-order valence-corrected chi connectivity index (χ0v) is 6.88. The Labute approximate surface area is 71.6 Å². The van der Waals surface area contributed by atoms with E-state index in [0.29, 0.717) is 11.4 Å². The zero-order valence-electron chi connectivity index (χ0n) is 6.13. The monoisotopic (exact) mass is 169 g/mol. The maximum absolute atomic E-state index is 9.36. The van der Waals surface area contributed by atoms with Gasteiger partial charge in [-0.1, -0.05) is 36.7 Å². The van der Waals surface area contributed by atoms with Gasteiger partial charge in [-0.2, -0.15) is 0 Å². The van der Waals surface area contributed by atoms with Gasteiger partial charge in [-0.05, 0) is 18.1 Å². The molecule has 0 aliphatic heterocycles. The molecular formula is C9H10ClO. The smallest absolute Gasteiger partial charge is 0.0804 e. The van der Waals surface area contributed by atoms with Crippen LogP contribution in [0, 0.1) is 6.92 Å². The van der Waals surface area contributed by atoms with Gasteiger partial charge in [0.15, 0.2) is 0 Å². The third-order valence-electron chi connectivity index (χ3n) is 1.54. The van der Waals surface area contributed by atoms with Gasteiger partial charge in [0.25, 0.3) is 0 Å². The first-order valence-electron chi connectivity index (χ1n) is 3.47. The summed E-state index contributed by atoms with van der Waals surface area (Å²) in [4.78, 5) is 0. The van der Waals surface area contributed by atoms with E-state index in [4.69, 9.17) is 11.6 Å². The summed E-state index contributed by atoms with van der Waals surface area (Å²) < 4.78 is 0. The molecule has 0 aliphatic rings. The summed E-state index contributed by atoms with van der Waals surface area (Å²) in [5, 5.41) is 9.96. The van der Waals surface area contributed by atoms with Crippen LogP contribution in [0.15, 0.2) is 24.3 Å². The quantitative estimate of drug-likeness (QED) is 0.722. The Hall–Kier alpha value is -0.530. The van der Waals surface area contributed by atoms with Crippen LogP contribution >= 0.6 is 11.6 Å². The molecule has 2 heteroatoms. The minimum Gasteiger partial charge on any atom is -0.388 e. The number of benzene rings is 1. The highest BCUT2D eigenvalue weighted by atomic mass is 35.5. The van der Waals surface area contributed by atoms with Gasteiger partial charge in [0, 0.05) is 5.02 Å². The number of aliphatic hydroxyl groups excluding tert-OH is 1. The van der Waals surface area contributed by atoms with Crippen LogP contribution in [-0.2, 0) is 0 Å². The van der Waals surface area contributed by atoms with Crippen molar-refractivity contribution >= 4 is 11.6 Å². The van der Waals surface area contributed by atoms with E-state index in [1.54, 1.807) is 12.1 Å². The summed E-state index contributed by atoms with van der Waals surface area (Å²) in [5.74, 6) is 0. The standard InChI is InChI=1S/C9H10ClO/c1-2-9(11)7-5-3-4-6-8(7)10/h3-6,9,11H,1-2H2. The molecule has 0 amide bonds. The number of rotatable bonds is 2. The first-order valence-corrected chi connectivity index (χ1v) is 3.85. The molecule has 59 valence electrons. The third-order valence-corrected chi connectivity index (χ3v) is 1.88. The second kappa shape index (κ2) is 3.74. The lowest BCUT2D eigenvalue weighted by atomic mass is 10.1. The first-order chi connectivity index (χ1) is 5.25. The average Bonchev–Trinajstić information content (AvgIpc) is 2.04. The Morgan fingerprint density at radius 1 is 1.45 bits per heavy atom. The summed E-state index contributed by atoms with van der Waals surface area (Å²) in [5.41, 5.74) is 0.754. The highest BCUT2D eigenvalue weighted by molar-refractivity contribution is 6.31. The third kappa shape index (κ3) is 1.95. The molecule has 1 rings (SSSR count). The normalized spacial score (nSPS) is 13.0. The van der Waals surface area contributed by atoms with E-state index in [-0.39, 0.29) is 0 Å². The van der Waals surface area contributed by atoms with Crippen LogP contribution in [0.1, 0.15) is 18.1 Å². The molecule has 0 heterocycles. The minimum atomic E-state index is -0.538. The Balaban J connectivity index is 2.93. The predicted octanol–water partition coefficient (Wildman–Crippen LogP) is 2.60. The number of hydrogen-bond acceptors (Lipinski definition) is 1. The van der Waals surface area contributed by atoms with E-state index < -0.39 is 6.10 Å². The molecule has 1 N–H and O–H groups in total. The van der Waals surface area contributed by atoms with Crippen LogP contribution in [0.4, 0.5) is 0 Å². The van der Waals surface area contributed by atoms with Gasteiger partial charge in [0.1, 0.15) is 0 Å². The SMILES string of the molecule is [CH2]CC(O)c1ccccc1Cl. The molecule has 11 heavy (non-hydrogen) atoms. The lowest BCUT2D eigenvalue weighted by molar-refractivity contribution is 0.181. The highest BCUT2D eigenvalue weighted by Gasteiger charge is 2.06. The molecule has 1 nitrogen and oxygen atoms in total. The van der Waals surface area contributed by atoms with Crippen molar-refractivity contribution in [2.24, 2.45) is 0 Å². The molecule has 0 aliphatic carbocycles. The summed E-state index contributed by atoms with van der Waals surface area (Å²) in [6.07, 6.45) is -0.0901. The summed E-state index contributed by atoms with van der Waals surface area (Å²) >= 11 is 5.81. The maximum Gasteiger partial charge on any atom is 0.0804 e. The van der Waals surface area contributed by atoms with Crippen molar-refractivity contribution in [3.8, 4) is 0 Å². The maximum atomic E-state index is 9.36. The molecule has 0 aromatic heterocycles. The molecular weight excluding hydrogens is 160 g/mol. The lowest BCUT2D eigenvalue weighted by Gasteiger charge is -2.08. The molecule has 1 aromatic carbocycles. The number of hydrogen-bond donors (Lipinski definition) is 1. The first kappa shape index (κ1) is 8.57. The van der Waals surface area contributed by atoms with Crippen LogP contribution in [0.5, 0.6) is 0 Å². The van der Waals surface area contributed by atoms with Crippen molar-refractivity contribution in [3.63, 3.8) is 0 Å². The van der Waals surface area contributed by atoms with Crippen molar-refractivity contribution < 1.29 is 5.11 Å². The van der Waals surface area contributed by atoms with Crippen molar-refractivity contribution in [1.29, 1.82) is 0 Å². The van der Waals surface area contributed by atoms with Crippen LogP contribution < -0.4 is 0 Å². The summed E-state index contributed by atoms with van der Waals surface area (Å²) in [6, 6.07) is 7.25. The Morgan fingerprint density at radius 3 is 2.64 bits per heavy atom. The van der Waals surface area contributed by atoms with Gasteiger partial charge in [-0.25, -0.2) is 0 Å². The zero-order chi connectivity index (χ0) is 8.27. The molecule has 0 saturated heterocycles. The Kier molecular flexibility index (Phi) is 2.92. The fourth-order valence-corrected chi connectivity index (χ4v) is 1.16. The van der Waals surface area contributed by atoms with E-state index >= 15 is 0 Å². The van der Waals surface area contributed by atoms with E-state index in [9.17, 15) is 5.11 Å². The number of aliphatic hydroxyl groups is 1. The fourth-order valence-electron chi connectivity index (χ4n) is 0.901. The Morgan fingerprint density at radius 2 is 2.09 bits per heavy atom. The summed E-state index contributed by atoms with van der Waals surface area (Å²) in [7, 11) is 0. The predicted molar refractivity (Wildman–Crippen MR) is 46.4 cm³/mol. The van der Waals surface area contributed by atoms with Crippen molar-refractivity contribution in [3.05, 3.63) is 41.8 Å². The van der Waals surface area contributed by atoms with Crippen LogP contribution in [0.3, 0.4) is 0 Å². The minimum absolute atomic E-state index is 0.448. The van der Waals surface area contributed by atoms with Gasteiger partial charge >= 0.3 is 0 Å². The number of halogens is 1. The summed E-state index contributed by atoms with van der Waals surface area (Å²) in [6.45, 7) is 3.59. The van der Waals surface area contributed by atoms with E-state index in [1.165, 1.54) is 0 Å². The van der Waals surface area contributed by atoms with Gasteiger partial charge in [0.2, 0.25) is 0 Å². The van der Waals surface area contributed by atoms with Crippen LogP contribution in [0.25, 0.3) is 0 Å². The lowest BCUT2D eigenvalue weighted by Crippen LogP contribution is -1.95. The van der Waals surface area contributed by atoms with Crippen molar-refractivity contribution in [2.45, 2.75) is 12.5 Å². The van der Waals surface area contributed by atoms with Gasteiger partial charge in [-0.3, -0.25) is 0 Å². The van der Waals surface area contributed by atoms with E-state index in [1.807, 2.05) is 12.1 Å². The average molecular weight is 170 g/mol. The molecule has 1 radical (unpaired) electrons. The van der Waals surface area contributed by atoms with E-state index in [2.05, 4.69) is 6.92 Å². The van der Waals surface area contributed by atoms with Crippen molar-refractivity contribution in [1.82, 2.24) is 0 Å². The van der Waals surface area contributed by atoms with Crippen LogP contribution in [0.2, 0.25) is 5.02 Å². The van der Waals surface area contributed by atoms with Gasteiger partial charge < -0.3 is 5.11 Å². The van der Waals surface area contributed by atoms with Gasteiger partial charge in [0.05, 0.1) is 6.10 Å². The molecule has 0 spiro atoms. The van der Waals surface area contributed by atoms with Crippen LogP contribution in [-0.4, -0.2) is 5.11 Å². The fraction of sp³-hybridized carbons (Fsp3) is 0.222. The molecule has 1 atom stereocenters. The second-order valence-corrected chi connectivity index (χ2v) is 2.73. The largest absolute Gasteiger partial charge is 0.388 e. The topological polar surface area (TPSA) is 20.2 Å². The molecule has 1 unspecified atom stereocenters. The molecule has 0 bridgehead atoms. The molecule has 0 fully saturated rings.